The molecule has 10 nitrogen and oxygen atoms in total. The lowest BCUT2D eigenvalue weighted by Crippen LogP contribution is -2.58. The molecule has 1 aliphatic carbocycles. The molecule has 10 heteroatoms. The minimum Gasteiger partial charge on any atom is -0.480 e. The minimum atomic E-state index is -1.33. The van der Waals surface area contributed by atoms with Gasteiger partial charge in [0.1, 0.15) is 23.9 Å². The molecule has 1 heterocycles. The second-order valence-electron chi connectivity index (χ2n) is 14.7. The van der Waals surface area contributed by atoms with Crippen molar-refractivity contribution in [3.05, 3.63) is 167 Å². The topological polar surface area (TPSA) is 134 Å². The van der Waals surface area contributed by atoms with Gasteiger partial charge < -0.3 is 25.2 Å². The quantitative estimate of drug-likeness (QED) is 0.115. The van der Waals surface area contributed by atoms with Crippen molar-refractivity contribution in [3.8, 4) is 11.1 Å². The number of hydrogen-bond donors (Lipinski definition) is 3. The summed E-state index contributed by atoms with van der Waals surface area (Å²) in [7, 11) is 0. The monoisotopic (exact) mass is 751 g/mol. The first-order chi connectivity index (χ1) is 27.0. The van der Waals surface area contributed by atoms with Crippen LogP contribution < -0.4 is 10.6 Å². The maximum Gasteiger partial charge on any atom is 0.407 e. The summed E-state index contributed by atoms with van der Waals surface area (Å²) in [4.78, 5) is 56.1. The van der Waals surface area contributed by atoms with Crippen LogP contribution in [0.25, 0.3) is 11.1 Å². The fourth-order valence-corrected chi connectivity index (χ4v) is 8.37. The lowest BCUT2D eigenvalue weighted by Gasteiger charge is -2.37. The Labute approximate surface area is 326 Å². The molecule has 3 atom stereocenters. The maximum atomic E-state index is 14.5. The predicted molar refractivity (Wildman–Crippen MR) is 211 cm³/mol. The van der Waals surface area contributed by atoms with Gasteiger partial charge in [-0.05, 0) is 66.1 Å². The van der Waals surface area contributed by atoms with E-state index in [-0.39, 0.29) is 25.4 Å². The zero-order valence-corrected chi connectivity index (χ0v) is 31.6. The number of fused-ring (bicyclic) bond motifs is 3. The van der Waals surface area contributed by atoms with E-state index < -0.39 is 53.3 Å². The van der Waals surface area contributed by atoms with E-state index in [2.05, 4.69) is 10.6 Å². The molecule has 0 saturated carbocycles. The molecular weight excluding hydrogens is 707 g/mol. The van der Waals surface area contributed by atoms with E-state index in [4.69, 9.17) is 9.47 Å². The highest BCUT2D eigenvalue weighted by Crippen LogP contribution is 2.44. The summed E-state index contributed by atoms with van der Waals surface area (Å²) in [5.74, 6) is -2.56. The molecule has 3 N–H and O–H groups in total. The zero-order chi connectivity index (χ0) is 39.5. The van der Waals surface area contributed by atoms with Crippen molar-refractivity contribution < 1.29 is 33.8 Å². The van der Waals surface area contributed by atoms with Crippen LogP contribution in [0.15, 0.2) is 140 Å². The van der Waals surface area contributed by atoms with Gasteiger partial charge in [0.2, 0.25) is 11.8 Å². The number of alkyl carbamates (subject to hydrolysis) is 1. The van der Waals surface area contributed by atoms with Crippen molar-refractivity contribution >= 4 is 23.9 Å². The standard InChI is InChI=1S/C46H45N3O7/c1-30-41(43(52)53)49(45(2,3)56-30)42(51)39(47-44(54)55-29-38-36-25-15-13-23-34(36)35-24-14-16-26-37(35)38)27-28-40(50)48-46(31-17-7-4-8-18-31,32-19-9-5-10-20-32)33-21-11-6-12-22-33/h4-26,30,38-39,41H,27-29H2,1-3H3,(H,47,54)(H,48,50)(H,52,53)/t30-,39+,41?/m1/s1. The molecular formula is C46H45N3O7. The molecule has 7 rings (SSSR count). The first-order valence-electron chi connectivity index (χ1n) is 18.8. The lowest BCUT2D eigenvalue weighted by molar-refractivity contribution is -0.157. The largest absolute Gasteiger partial charge is 0.480 e. The summed E-state index contributed by atoms with van der Waals surface area (Å²) in [6.07, 6.45) is -2.04. The Bertz CT molecular complexity index is 2070. The third-order valence-corrected chi connectivity index (χ3v) is 10.8. The van der Waals surface area contributed by atoms with Crippen LogP contribution in [0.4, 0.5) is 4.79 Å². The van der Waals surface area contributed by atoms with Gasteiger partial charge in [-0.25, -0.2) is 9.59 Å². The Morgan fingerprint density at radius 2 is 1.21 bits per heavy atom. The van der Waals surface area contributed by atoms with Gasteiger partial charge in [-0.2, -0.15) is 0 Å². The molecule has 5 aromatic rings. The van der Waals surface area contributed by atoms with Crippen molar-refractivity contribution in [2.24, 2.45) is 0 Å². The van der Waals surface area contributed by atoms with E-state index in [9.17, 15) is 24.3 Å². The smallest absolute Gasteiger partial charge is 0.407 e. The zero-order valence-electron chi connectivity index (χ0n) is 31.6. The highest BCUT2D eigenvalue weighted by Gasteiger charge is 2.53. The van der Waals surface area contributed by atoms with Crippen molar-refractivity contribution in [1.29, 1.82) is 0 Å². The fourth-order valence-electron chi connectivity index (χ4n) is 8.37. The van der Waals surface area contributed by atoms with E-state index in [1.807, 2.05) is 140 Å². The number of carboxylic acids is 1. The van der Waals surface area contributed by atoms with Gasteiger partial charge in [0.15, 0.2) is 6.04 Å². The van der Waals surface area contributed by atoms with Crippen LogP contribution in [0.3, 0.4) is 0 Å². The number of carboxylic acid groups (broad SMARTS) is 1. The van der Waals surface area contributed by atoms with Gasteiger partial charge in [0, 0.05) is 12.3 Å². The molecule has 286 valence electrons. The third kappa shape index (κ3) is 7.27. The maximum absolute atomic E-state index is 14.5. The van der Waals surface area contributed by atoms with Gasteiger partial charge in [-0.1, -0.05) is 140 Å². The average molecular weight is 752 g/mol. The fraction of sp³-hybridized carbons (Fsp3) is 0.261. The summed E-state index contributed by atoms with van der Waals surface area (Å²) in [6, 6.07) is 42.2. The van der Waals surface area contributed by atoms with Gasteiger partial charge in [-0.3, -0.25) is 14.5 Å². The number of hydrogen-bond acceptors (Lipinski definition) is 6. The van der Waals surface area contributed by atoms with Crippen LogP contribution in [0.1, 0.15) is 67.3 Å². The summed E-state index contributed by atoms with van der Waals surface area (Å²) in [5, 5.41) is 16.2. The van der Waals surface area contributed by atoms with Crippen LogP contribution in [0, 0.1) is 0 Å². The van der Waals surface area contributed by atoms with E-state index >= 15 is 0 Å². The average Bonchev–Trinajstić information content (AvgIpc) is 3.67. The molecule has 1 saturated heterocycles. The van der Waals surface area contributed by atoms with Gasteiger partial charge in [-0.15, -0.1) is 0 Å². The van der Waals surface area contributed by atoms with E-state index in [1.54, 1.807) is 20.8 Å². The molecule has 0 bridgehead atoms. The summed E-state index contributed by atoms with van der Waals surface area (Å²) in [5.41, 5.74) is 4.25. The van der Waals surface area contributed by atoms with Crippen LogP contribution >= 0.6 is 0 Å². The number of rotatable bonds is 12. The van der Waals surface area contributed by atoms with E-state index in [1.165, 1.54) is 0 Å². The van der Waals surface area contributed by atoms with Crippen molar-refractivity contribution in [2.45, 2.75) is 69.0 Å². The number of ether oxygens (including phenoxy) is 2. The summed E-state index contributed by atoms with van der Waals surface area (Å²) in [6.45, 7) is 4.80. The number of carbonyl (C=O) groups excluding carboxylic acids is 3. The highest BCUT2D eigenvalue weighted by atomic mass is 16.6. The minimum absolute atomic E-state index is 0.00209. The second kappa shape index (κ2) is 15.8. The van der Waals surface area contributed by atoms with Gasteiger partial charge in [0.25, 0.3) is 0 Å². The Kier molecular flexibility index (Phi) is 10.8. The SMILES string of the molecule is C[C@H]1OC(C)(C)N(C(=O)[C@H](CCC(=O)NC(c2ccccc2)(c2ccccc2)c2ccccc2)NC(=O)OCC2c3ccccc3-c3ccccc32)C1C(=O)O. The van der Waals surface area contributed by atoms with Crippen molar-refractivity contribution in [1.82, 2.24) is 15.5 Å². The Morgan fingerprint density at radius 1 is 0.750 bits per heavy atom. The summed E-state index contributed by atoms with van der Waals surface area (Å²) >= 11 is 0. The van der Waals surface area contributed by atoms with E-state index in [0.29, 0.717) is 0 Å². The van der Waals surface area contributed by atoms with Crippen molar-refractivity contribution in [2.75, 3.05) is 6.61 Å². The lowest BCUT2D eigenvalue weighted by atomic mass is 9.77. The number of amides is 3. The van der Waals surface area contributed by atoms with Crippen LogP contribution in [-0.4, -0.2) is 64.4 Å². The number of aliphatic carboxylic acids is 1. The first kappa shape index (κ1) is 38.0. The normalized spacial score (nSPS) is 17.7. The molecule has 56 heavy (non-hydrogen) atoms. The molecule has 0 radical (unpaired) electrons. The Morgan fingerprint density at radius 3 is 1.70 bits per heavy atom. The second-order valence-corrected chi connectivity index (χ2v) is 14.7. The summed E-state index contributed by atoms with van der Waals surface area (Å²) < 4.78 is 11.8. The predicted octanol–water partition coefficient (Wildman–Crippen LogP) is 7.22. The first-order valence-corrected chi connectivity index (χ1v) is 18.8. The van der Waals surface area contributed by atoms with Crippen LogP contribution in [0.2, 0.25) is 0 Å². The van der Waals surface area contributed by atoms with Crippen LogP contribution in [0.5, 0.6) is 0 Å². The van der Waals surface area contributed by atoms with Crippen LogP contribution in [-0.2, 0) is 29.4 Å². The number of nitrogens with zero attached hydrogens (tertiary/aromatic N) is 1. The number of nitrogens with one attached hydrogen (secondary N) is 2. The molecule has 0 aromatic heterocycles. The molecule has 1 fully saturated rings. The Balaban J connectivity index is 1.16. The molecule has 1 aliphatic heterocycles. The van der Waals surface area contributed by atoms with Crippen molar-refractivity contribution in [3.63, 3.8) is 0 Å². The van der Waals surface area contributed by atoms with E-state index in [0.717, 1.165) is 43.8 Å². The highest BCUT2D eigenvalue weighted by molar-refractivity contribution is 5.91. The molecule has 2 aliphatic rings. The molecule has 5 aromatic carbocycles. The molecule has 1 unspecified atom stereocenters. The third-order valence-electron chi connectivity index (χ3n) is 10.8. The van der Waals surface area contributed by atoms with Gasteiger partial charge >= 0.3 is 12.1 Å². The Hall–Kier alpha value is -6.26. The number of benzene rings is 5. The van der Waals surface area contributed by atoms with Gasteiger partial charge in [0.05, 0.1) is 6.10 Å². The molecule has 0 spiro atoms. The number of carbonyl (C=O) groups is 4. The molecule has 3 amide bonds.